The molecule has 1 aliphatic rings. The van der Waals surface area contributed by atoms with Crippen LogP contribution in [0, 0.1) is 5.92 Å². The van der Waals surface area contributed by atoms with Gasteiger partial charge in [-0.25, -0.2) is 4.79 Å². The molecule has 0 aliphatic heterocycles. The molecule has 3 rings (SSSR count). The van der Waals surface area contributed by atoms with Gasteiger partial charge < -0.3 is 39.0 Å². The van der Waals surface area contributed by atoms with E-state index in [1.807, 2.05) is 0 Å². The Morgan fingerprint density at radius 3 is 2.11 bits per heavy atom. The first-order chi connectivity index (χ1) is 22.6. The van der Waals surface area contributed by atoms with Crippen LogP contribution in [-0.4, -0.2) is 67.2 Å². The Hall–Kier alpha value is -3.51. The van der Waals surface area contributed by atoms with Gasteiger partial charge in [-0.1, -0.05) is 57.9 Å². The number of aliphatic hydroxyl groups excluding tert-OH is 3. The lowest BCUT2D eigenvalue weighted by Gasteiger charge is -2.29. The highest BCUT2D eigenvalue weighted by Crippen LogP contribution is 2.40. The second kappa shape index (κ2) is 19.3. The molecule has 1 saturated carbocycles. The summed E-state index contributed by atoms with van der Waals surface area (Å²) in [6.07, 6.45) is 4.43. The summed E-state index contributed by atoms with van der Waals surface area (Å²) in [5, 5.41) is 27.8. The molecule has 0 radical (unpaired) electrons. The molecule has 2 aromatic rings. The second-order valence-corrected chi connectivity index (χ2v) is 11.7. The topological polar surface area (TPSA) is 124 Å². The number of alkyl halides is 2. The van der Waals surface area contributed by atoms with E-state index >= 15 is 8.78 Å². The summed E-state index contributed by atoms with van der Waals surface area (Å²) in [6, 6.07) is 10.3. The van der Waals surface area contributed by atoms with E-state index in [1.165, 1.54) is 68.9 Å². The predicted molar refractivity (Wildman–Crippen MR) is 173 cm³/mol. The maximum absolute atomic E-state index is 15.4. The number of hydrogen-bond donors (Lipinski definition) is 3. The minimum Gasteiger partial charge on any atom is -0.491 e. The monoisotopic (exact) mass is 662 g/mol. The summed E-state index contributed by atoms with van der Waals surface area (Å²) in [7, 11) is 0. The minimum atomic E-state index is -3.68. The van der Waals surface area contributed by atoms with Gasteiger partial charge in [0, 0.05) is 23.8 Å². The third kappa shape index (κ3) is 12.6. The smallest absolute Gasteiger partial charge is 0.426 e. The Balaban J connectivity index is 1.65. The molecule has 1 fully saturated rings. The fourth-order valence-corrected chi connectivity index (χ4v) is 5.37. The number of halogens is 2. The van der Waals surface area contributed by atoms with Gasteiger partial charge in [-0.15, -0.1) is 0 Å². The van der Waals surface area contributed by atoms with Gasteiger partial charge in [-0.05, 0) is 55.2 Å². The summed E-state index contributed by atoms with van der Waals surface area (Å²) >= 11 is 0. The van der Waals surface area contributed by atoms with E-state index in [9.17, 15) is 9.90 Å². The van der Waals surface area contributed by atoms with Gasteiger partial charge in [-0.3, -0.25) is 0 Å². The first-order valence-corrected chi connectivity index (χ1v) is 16.2. The number of carbonyl (C=O) groups is 1. The number of hydrogen-bond acceptors (Lipinski definition) is 9. The molecule has 2 aromatic carbocycles. The highest BCUT2D eigenvalue weighted by atomic mass is 19.3. The fraction of sp³-hybridized carbons (Fsp3) is 0.528. The third-order valence-electron chi connectivity index (χ3n) is 8.13. The zero-order chi connectivity index (χ0) is 34.2. The quantitative estimate of drug-likeness (QED) is 0.0458. The van der Waals surface area contributed by atoms with Gasteiger partial charge in [0.15, 0.2) is 6.29 Å². The van der Waals surface area contributed by atoms with Crippen LogP contribution in [0.4, 0.5) is 8.78 Å². The zero-order valence-electron chi connectivity index (χ0n) is 27.1. The van der Waals surface area contributed by atoms with Crippen molar-refractivity contribution in [1.29, 1.82) is 0 Å². The number of ether oxygens (including phenoxy) is 5. The molecule has 3 N–H and O–H groups in total. The maximum Gasteiger partial charge on any atom is 0.426 e. The van der Waals surface area contributed by atoms with E-state index in [-0.39, 0.29) is 60.4 Å². The first-order valence-electron chi connectivity index (χ1n) is 16.2. The van der Waals surface area contributed by atoms with Gasteiger partial charge in [-0.2, -0.15) is 8.78 Å². The Bertz CT molecular complexity index is 1270. The number of rotatable bonds is 21. The summed E-state index contributed by atoms with van der Waals surface area (Å²) < 4.78 is 57.3. The average Bonchev–Trinajstić information content (AvgIpc) is 3.07. The highest BCUT2D eigenvalue weighted by molar-refractivity contribution is 5.87. The van der Waals surface area contributed by atoms with Crippen molar-refractivity contribution in [3.8, 4) is 17.2 Å². The number of carbonyl (C=O) groups excluding carboxylic acids is 1. The minimum absolute atomic E-state index is 0.0693. The lowest BCUT2D eigenvalue weighted by molar-refractivity contribution is -0.185. The van der Waals surface area contributed by atoms with Crippen LogP contribution in [0.5, 0.6) is 17.2 Å². The number of aliphatic hydroxyl groups is 3. The van der Waals surface area contributed by atoms with E-state index in [0.29, 0.717) is 5.92 Å². The van der Waals surface area contributed by atoms with Crippen molar-refractivity contribution < 1.29 is 52.6 Å². The lowest BCUT2D eigenvalue weighted by atomic mass is 9.77. The summed E-state index contributed by atoms with van der Waals surface area (Å²) in [5.41, 5.74) is 0.706. The first kappa shape index (κ1) is 37.9. The molecule has 1 aliphatic carbocycles. The van der Waals surface area contributed by atoms with E-state index < -0.39 is 31.6 Å². The number of benzene rings is 2. The van der Waals surface area contributed by atoms with Crippen molar-refractivity contribution in [2.45, 2.75) is 76.6 Å². The normalized spacial score (nSPS) is 17.1. The summed E-state index contributed by atoms with van der Waals surface area (Å²) in [5.74, 6) is 0.300. The highest BCUT2D eigenvalue weighted by Gasteiger charge is 2.35. The Kier molecular flexibility index (Phi) is 15.6. The molecule has 9 nitrogen and oxygen atoms in total. The van der Waals surface area contributed by atoms with Gasteiger partial charge in [0.25, 0.3) is 0 Å². The van der Waals surface area contributed by atoms with E-state index in [4.69, 9.17) is 33.9 Å². The van der Waals surface area contributed by atoms with Crippen LogP contribution in [0.25, 0.3) is 0 Å². The van der Waals surface area contributed by atoms with Crippen molar-refractivity contribution in [3.63, 3.8) is 0 Å². The fourth-order valence-electron chi connectivity index (χ4n) is 5.37. The van der Waals surface area contributed by atoms with E-state index in [0.717, 1.165) is 24.3 Å². The third-order valence-corrected chi connectivity index (χ3v) is 8.13. The summed E-state index contributed by atoms with van der Waals surface area (Å²) in [4.78, 5) is 11.7. The van der Waals surface area contributed by atoms with Crippen molar-refractivity contribution in [2.24, 2.45) is 5.92 Å². The van der Waals surface area contributed by atoms with Crippen molar-refractivity contribution in [3.05, 3.63) is 77.9 Å². The van der Waals surface area contributed by atoms with E-state index in [2.05, 4.69) is 20.1 Å². The molecule has 1 unspecified atom stereocenters. The van der Waals surface area contributed by atoms with Crippen molar-refractivity contribution >= 4 is 5.97 Å². The molecular formula is C36H48F2O9. The maximum atomic E-state index is 15.4. The van der Waals surface area contributed by atoms with Gasteiger partial charge in [0.05, 0.1) is 31.0 Å². The van der Waals surface area contributed by atoms with Crippen LogP contribution in [0.2, 0.25) is 0 Å². The molecule has 0 bridgehead atoms. The zero-order valence-corrected chi connectivity index (χ0v) is 27.1. The van der Waals surface area contributed by atoms with Gasteiger partial charge in [0.2, 0.25) is 0 Å². The van der Waals surface area contributed by atoms with Crippen LogP contribution in [0.1, 0.15) is 75.3 Å². The second-order valence-electron chi connectivity index (χ2n) is 11.7. The SMILES string of the molecule is C=C(CO)C(=O)OCCOc1cc(OCCOC(O)C(=C)CO)cc(OC(F)(F)c2ccc(C3CCC(CCCCC)CC3)cc2)c1. The largest absolute Gasteiger partial charge is 0.491 e. The summed E-state index contributed by atoms with van der Waals surface area (Å²) in [6.45, 7) is 7.55. The Labute approximate surface area is 275 Å². The van der Waals surface area contributed by atoms with Crippen molar-refractivity contribution in [1.82, 2.24) is 0 Å². The molecule has 1 atom stereocenters. The molecule has 0 heterocycles. The van der Waals surface area contributed by atoms with Crippen LogP contribution in [0.15, 0.2) is 66.8 Å². The lowest BCUT2D eigenvalue weighted by Crippen LogP contribution is -2.22. The molecule has 0 spiro atoms. The number of unbranched alkanes of at least 4 members (excludes halogenated alkanes) is 2. The molecule has 260 valence electrons. The van der Waals surface area contributed by atoms with Crippen LogP contribution < -0.4 is 14.2 Å². The van der Waals surface area contributed by atoms with Crippen LogP contribution >= 0.6 is 0 Å². The van der Waals surface area contributed by atoms with Gasteiger partial charge >= 0.3 is 12.1 Å². The molecular weight excluding hydrogens is 614 g/mol. The molecule has 0 amide bonds. The molecule has 47 heavy (non-hydrogen) atoms. The predicted octanol–water partition coefficient (Wildman–Crippen LogP) is 6.40. The van der Waals surface area contributed by atoms with E-state index in [1.54, 1.807) is 12.1 Å². The molecule has 0 saturated heterocycles. The average molecular weight is 663 g/mol. The number of esters is 1. The molecule has 0 aromatic heterocycles. The van der Waals surface area contributed by atoms with Crippen molar-refractivity contribution in [2.75, 3.05) is 39.6 Å². The molecule has 11 heteroatoms. The Morgan fingerprint density at radius 1 is 0.894 bits per heavy atom. The van der Waals surface area contributed by atoms with Crippen LogP contribution in [-0.2, 0) is 20.4 Å². The van der Waals surface area contributed by atoms with Crippen LogP contribution in [0.3, 0.4) is 0 Å². The Morgan fingerprint density at radius 2 is 1.51 bits per heavy atom. The standard InChI is InChI=1S/C36H48F2O9/c1-4-5-6-7-27-8-10-28(11-9-27)29-12-14-30(15-13-29)36(37,38)47-33-21-31(43-16-18-45-34(41)25(2)23-39)20-32(22-33)44-17-19-46-35(42)26(3)24-40/h12-15,20-22,27-28,34,39-41H,2-11,16-19,23-24H2,1H3. The van der Waals surface area contributed by atoms with Gasteiger partial charge in [0.1, 0.15) is 37.1 Å².